The summed E-state index contributed by atoms with van der Waals surface area (Å²) in [4.78, 5) is 11.9. The van der Waals surface area contributed by atoms with E-state index in [0.717, 1.165) is 10.2 Å². The molecule has 1 aromatic carbocycles. The zero-order valence-corrected chi connectivity index (χ0v) is 12.6. The van der Waals surface area contributed by atoms with E-state index >= 15 is 0 Å². The van der Waals surface area contributed by atoms with E-state index in [4.69, 9.17) is 9.68 Å². The van der Waals surface area contributed by atoms with E-state index < -0.39 is 5.91 Å². The van der Waals surface area contributed by atoms with Gasteiger partial charge in [0.15, 0.2) is 0 Å². The Morgan fingerprint density at radius 3 is 2.90 bits per heavy atom. The maximum atomic E-state index is 11.9. The summed E-state index contributed by atoms with van der Waals surface area (Å²) in [7, 11) is 0. The maximum Gasteiger partial charge on any atom is 0.263 e. The molecule has 0 radical (unpaired) electrons. The van der Waals surface area contributed by atoms with E-state index in [0.29, 0.717) is 5.76 Å². The van der Waals surface area contributed by atoms with Crippen molar-refractivity contribution >= 4 is 27.5 Å². The van der Waals surface area contributed by atoms with Crippen LogP contribution in [-0.4, -0.2) is 5.91 Å². The first-order valence-electron chi connectivity index (χ1n) is 6.12. The molecule has 6 heteroatoms. The predicted octanol–water partition coefficient (Wildman–Crippen LogP) is 3.18. The predicted molar refractivity (Wildman–Crippen MR) is 82.0 cm³/mol. The number of furan rings is 1. The molecule has 1 aromatic heterocycles. The molecule has 2 aromatic rings. The summed E-state index contributed by atoms with van der Waals surface area (Å²) < 4.78 is 6.01. The number of nitrogens with one attached hydrogen (secondary N) is 2. The molecule has 0 bridgehead atoms. The highest BCUT2D eigenvalue weighted by Crippen LogP contribution is 2.15. The summed E-state index contributed by atoms with van der Waals surface area (Å²) in [5, 5.41) is 14.6. The molecule has 0 spiro atoms. The van der Waals surface area contributed by atoms with Gasteiger partial charge in [-0.1, -0.05) is 22.0 Å². The molecule has 0 fully saturated rings. The van der Waals surface area contributed by atoms with E-state index in [1.165, 1.54) is 12.5 Å². The van der Waals surface area contributed by atoms with Gasteiger partial charge in [0, 0.05) is 16.4 Å². The molecule has 0 saturated carbocycles. The second kappa shape index (κ2) is 7.31. The Kier molecular flexibility index (Phi) is 5.18. The number of nitriles is 1. The standard InChI is InChI=1S/C15H12BrN3O2/c16-12-3-1-4-13(7-12)18-9-11(8-17)15(20)19-10-14-5-2-6-21-14/h1-7,9,18H,10H2,(H,19,20)/b11-9-. The first-order valence-corrected chi connectivity index (χ1v) is 6.91. The highest BCUT2D eigenvalue weighted by atomic mass is 79.9. The summed E-state index contributed by atoms with van der Waals surface area (Å²) in [5.74, 6) is 0.164. The molecule has 2 N–H and O–H groups in total. The van der Waals surface area contributed by atoms with Crippen molar-refractivity contribution in [3.05, 3.63) is 64.7 Å². The lowest BCUT2D eigenvalue weighted by atomic mass is 10.2. The van der Waals surface area contributed by atoms with E-state index in [2.05, 4.69) is 26.6 Å². The third-order valence-corrected chi connectivity index (χ3v) is 3.07. The van der Waals surface area contributed by atoms with E-state index in [1.54, 1.807) is 12.1 Å². The topological polar surface area (TPSA) is 78.1 Å². The monoisotopic (exact) mass is 345 g/mol. The molecular formula is C15H12BrN3O2. The highest BCUT2D eigenvalue weighted by Gasteiger charge is 2.09. The number of hydrogen-bond donors (Lipinski definition) is 2. The van der Waals surface area contributed by atoms with Crippen LogP contribution in [0.3, 0.4) is 0 Å². The number of rotatable bonds is 5. The van der Waals surface area contributed by atoms with Gasteiger partial charge in [-0.25, -0.2) is 0 Å². The van der Waals surface area contributed by atoms with Crippen molar-refractivity contribution in [2.45, 2.75) is 6.54 Å². The van der Waals surface area contributed by atoms with Crippen LogP contribution in [0.15, 0.2) is 63.3 Å². The molecule has 2 rings (SSSR count). The van der Waals surface area contributed by atoms with Gasteiger partial charge in [0.2, 0.25) is 0 Å². The molecule has 1 amide bonds. The Bertz CT molecular complexity index is 687. The summed E-state index contributed by atoms with van der Waals surface area (Å²) >= 11 is 3.35. The minimum absolute atomic E-state index is 0.0125. The van der Waals surface area contributed by atoms with Gasteiger partial charge in [-0.15, -0.1) is 0 Å². The molecule has 0 atom stereocenters. The van der Waals surface area contributed by atoms with Crippen LogP contribution in [0.5, 0.6) is 0 Å². The summed E-state index contributed by atoms with van der Waals surface area (Å²) in [6, 6.07) is 12.7. The average molecular weight is 346 g/mol. The van der Waals surface area contributed by atoms with Crippen LogP contribution < -0.4 is 10.6 Å². The molecule has 0 saturated heterocycles. The number of hydrogen-bond acceptors (Lipinski definition) is 4. The Balaban J connectivity index is 1.96. The van der Waals surface area contributed by atoms with Crippen molar-refractivity contribution in [1.29, 1.82) is 5.26 Å². The number of carbonyl (C=O) groups is 1. The largest absolute Gasteiger partial charge is 0.467 e. The first-order chi connectivity index (χ1) is 10.2. The van der Waals surface area contributed by atoms with Gasteiger partial charge < -0.3 is 15.1 Å². The maximum absolute atomic E-state index is 11.9. The Hall–Kier alpha value is -2.52. The minimum Gasteiger partial charge on any atom is -0.467 e. The molecule has 1 heterocycles. The number of amides is 1. The van der Waals surface area contributed by atoms with Gasteiger partial charge in [0.25, 0.3) is 5.91 Å². The summed E-state index contributed by atoms with van der Waals surface area (Å²) in [6.07, 6.45) is 2.90. The van der Waals surface area contributed by atoms with Crippen molar-refractivity contribution in [2.75, 3.05) is 5.32 Å². The number of halogens is 1. The van der Waals surface area contributed by atoms with Gasteiger partial charge in [-0.3, -0.25) is 4.79 Å². The Labute approximate surface area is 130 Å². The van der Waals surface area contributed by atoms with Crippen LogP contribution in [0.4, 0.5) is 5.69 Å². The fourth-order valence-corrected chi connectivity index (χ4v) is 1.96. The van der Waals surface area contributed by atoms with Crippen molar-refractivity contribution in [1.82, 2.24) is 5.32 Å². The molecule has 106 valence electrons. The molecule has 21 heavy (non-hydrogen) atoms. The van der Waals surface area contributed by atoms with Crippen LogP contribution in [-0.2, 0) is 11.3 Å². The van der Waals surface area contributed by atoms with Gasteiger partial charge in [0.1, 0.15) is 17.4 Å². The van der Waals surface area contributed by atoms with Crippen LogP contribution in [0, 0.1) is 11.3 Å². The smallest absolute Gasteiger partial charge is 0.263 e. The lowest BCUT2D eigenvalue weighted by Gasteiger charge is -2.04. The second-order valence-electron chi connectivity index (χ2n) is 4.09. The third kappa shape index (κ3) is 4.51. The van der Waals surface area contributed by atoms with Crippen LogP contribution >= 0.6 is 15.9 Å². The van der Waals surface area contributed by atoms with E-state index in [-0.39, 0.29) is 12.1 Å². The minimum atomic E-state index is -0.462. The quantitative estimate of drug-likeness (QED) is 0.644. The molecule has 0 unspecified atom stereocenters. The van der Waals surface area contributed by atoms with Crippen molar-refractivity contribution in [3.8, 4) is 6.07 Å². The van der Waals surface area contributed by atoms with Gasteiger partial charge in [-0.05, 0) is 30.3 Å². The van der Waals surface area contributed by atoms with Gasteiger partial charge >= 0.3 is 0 Å². The number of benzene rings is 1. The number of anilines is 1. The van der Waals surface area contributed by atoms with Crippen molar-refractivity contribution < 1.29 is 9.21 Å². The van der Waals surface area contributed by atoms with Crippen LogP contribution in [0.1, 0.15) is 5.76 Å². The van der Waals surface area contributed by atoms with E-state index in [1.807, 2.05) is 30.3 Å². The molecule has 0 aliphatic rings. The summed E-state index contributed by atoms with van der Waals surface area (Å²) in [6.45, 7) is 0.238. The highest BCUT2D eigenvalue weighted by molar-refractivity contribution is 9.10. The molecular weight excluding hydrogens is 334 g/mol. The third-order valence-electron chi connectivity index (χ3n) is 2.58. The molecule has 0 aliphatic heterocycles. The molecule has 5 nitrogen and oxygen atoms in total. The van der Waals surface area contributed by atoms with Crippen molar-refractivity contribution in [3.63, 3.8) is 0 Å². The lowest BCUT2D eigenvalue weighted by Crippen LogP contribution is -2.24. The number of nitrogens with zero attached hydrogens (tertiary/aromatic N) is 1. The first kappa shape index (κ1) is 14.9. The Morgan fingerprint density at radius 2 is 2.24 bits per heavy atom. The Morgan fingerprint density at radius 1 is 1.38 bits per heavy atom. The average Bonchev–Trinajstić information content (AvgIpc) is 2.99. The zero-order chi connectivity index (χ0) is 15.1. The van der Waals surface area contributed by atoms with Gasteiger partial charge in [0.05, 0.1) is 12.8 Å². The molecule has 0 aliphatic carbocycles. The fraction of sp³-hybridized carbons (Fsp3) is 0.0667. The van der Waals surface area contributed by atoms with Gasteiger partial charge in [-0.2, -0.15) is 5.26 Å². The lowest BCUT2D eigenvalue weighted by molar-refractivity contribution is -0.117. The number of carbonyl (C=O) groups excluding carboxylic acids is 1. The summed E-state index contributed by atoms with van der Waals surface area (Å²) in [5.41, 5.74) is 0.762. The van der Waals surface area contributed by atoms with Crippen molar-refractivity contribution in [2.24, 2.45) is 0 Å². The van der Waals surface area contributed by atoms with Crippen LogP contribution in [0.25, 0.3) is 0 Å². The SMILES string of the molecule is N#C/C(=C/Nc1cccc(Br)c1)C(=O)NCc1ccco1. The van der Waals surface area contributed by atoms with Crippen LogP contribution in [0.2, 0.25) is 0 Å². The second-order valence-corrected chi connectivity index (χ2v) is 5.00. The zero-order valence-electron chi connectivity index (χ0n) is 11.0. The van der Waals surface area contributed by atoms with E-state index in [9.17, 15) is 4.79 Å². The fourth-order valence-electron chi connectivity index (χ4n) is 1.56. The normalized spacial score (nSPS) is 10.8.